The summed E-state index contributed by atoms with van der Waals surface area (Å²) in [6.45, 7) is 4.17. The van der Waals surface area contributed by atoms with Gasteiger partial charge in [-0.1, -0.05) is 36.4 Å². The average Bonchev–Trinajstić information content (AvgIpc) is 2.72. The topological polar surface area (TPSA) is 70.7 Å². The van der Waals surface area contributed by atoms with E-state index >= 15 is 0 Å². The SMILES string of the molecule is Cc1cccc(NC(=O)CN(C)CC(=O)Nc2cccc(Oc3ccccc3)c2)c1C. The van der Waals surface area contributed by atoms with Crippen LogP contribution >= 0.6 is 0 Å². The minimum atomic E-state index is -0.209. The van der Waals surface area contributed by atoms with Gasteiger partial charge in [0.05, 0.1) is 13.1 Å². The van der Waals surface area contributed by atoms with Crippen LogP contribution in [-0.2, 0) is 9.59 Å². The summed E-state index contributed by atoms with van der Waals surface area (Å²) in [4.78, 5) is 26.4. The van der Waals surface area contributed by atoms with Gasteiger partial charge in [-0.15, -0.1) is 0 Å². The van der Waals surface area contributed by atoms with Crippen LogP contribution in [0.5, 0.6) is 11.5 Å². The standard InChI is InChI=1S/C25H27N3O3/c1-18-9-7-14-23(19(18)2)27-25(30)17-28(3)16-24(29)26-20-10-8-13-22(15-20)31-21-11-5-4-6-12-21/h4-15H,16-17H2,1-3H3,(H,26,29)(H,27,30). The summed E-state index contributed by atoms with van der Waals surface area (Å²) in [5.41, 5.74) is 3.57. The number of carbonyl (C=O) groups is 2. The third-order valence-corrected chi connectivity index (χ3v) is 4.80. The maximum Gasteiger partial charge on any atom is 0.238 e. The fourth-order valence-electron chi connectivity index (χ4n) is 3.08. The molecule has 3 rings (SSSR count). The number of ether oxygens (including phenoxy) is 1. The molecule has 3 aromatic carbocycles. The molecule has 0 aliphatic rings. The van der Waals surface area contributed by atoms with Crippen LogP contribution in [0, 0.1) is 13.8 Å². The number of hydrogen-bond acceptors (Lipinski definition) is 4. The maximum atomic E-state index is 12.4. The summed E-state index contributed by atoms with van der Waals surface area (Å²) in [6.07, 6.45) is 0. The van der Waals surface area contributed by atoms with Gasteiger partial charge in [0.1, 0.15) is 11.5 Å². The molecule has 0 spiro atoms. The van der Waals surface area contributed by atoms with Crippen LogP contribution in [0.25, 0.3) is 0 Å². The molecule has 0 heterocycles. The maximum absolute atomic E-state index is 12.4. The zero-order valence-electron chi connectivity index (χ0n) is 18.0. The molecule has 0 atom stereocenters. The molecule has 0 bridgehead atoms. The molecule has 6 heteroatoms. The molecule has 0 aliphatic heterocycles. The van der Waals surface area contributed by atoms with Crippen molar-refractivity contribution < 1.29 is 14.3 Å². The van der Waals surface area contributed by atoms with Gasteiger partial charge >= 0.3 is 0 Å². The molecular formula is C25H27N3O3. The van der Waals surface area contributed by atoms with Crippen LogP contribution in [0.2, 0.25) is 0 Å². The molecule has 0 aliphatic carbocycles. The Morgan fingerprint density at radius 3 is 2.19 bits per heavy atom. The predicted molar refractivity (Wildman–Crippen MR) is 124 cm³/mol. The molecule has 0 radical (unpaired) electrons. The number of para-hydroxylation sites is 1. The Labute approximate surface area is 182 Å². The van der Waals surface area contributed by atoms with Crippen LogP contribution in [0.3, 0.4) is 0 Å². The Kier molecular flexibility index (Phi) is 7.40. The molecule has 31 heavy (non-hydrogen) atoms. The lowest BCUT2D eigenvalue weighted by molar-refractivity contribution is -0.119. The van der Waals surface area contributed by atoms with E-state index in [9.17, 15) is 9.59 Å². The van der Waals surface area contributed by atoms with Crippen molar-refractivity contribution >= 4 is 23.2 Å². The van der Waals surface area contributed by atoms with E-state index in [0.29, 0.717) is 11.4 Å². The van der Waals surface area contributed by atoms with Crippen molar-refractivity contribution in [3.63, 3.8) is 0 Å². The van der Waals surface area contributed by atoms with Gasteiger partial charge in [0.15, 0.2) is 0 Å². The van der Waals surface area contributed by atoms with Crippen LogP contribution < -0.4 is 15.4 Å². The van der Waals surface area contributed by atoms with Crippen LogP contribution in [-0.4, -0.2) is 36.9 Å². The molecule has 2 amide bonds. The molecule has 0 fully saturated rings. The monoisotopic (exact) mass is 417 g/mol. The number of aryl methyl sites for hydroxylation is 1. The largest absolute Gasteiger partial charge is 0.457 e. The first-order valence-corrected chi connectivity index (χ1v) is 10.1. The first-order valence-electron chi connectivity index (χ1n) is 10.1. The van der Waals surface area contributed by atoms with Gasteiger partial charge in [-0.05, 0) is 62.4 Å². The van der Waals surface area contributed by atoms with Crippen LogP contribution in [0.1, 0.15) is 11.1 Å². The smallest absolute Gasteiger partial charge is 0.238 e. The van der Waals surface area contributed by atoms with Crippen molar-refractivity contribution in [1.29, 1.82) is 0 Å². The van der Waals surface area contributed by atoms with E-state index in [2.05, 4.69) is 10.6 Å². The lowest BCUT2D eigenvalue weighted by atomic mass is 10.1. The first kappa shape index (κ1) is 22.1. The molecule has 160 valence electrons. The zero-order valence-corrected chi connectivity index (χ0v) is 18.0. The second-order valence-electron chi connectivity index (χ2n) is 7.46. The molecule has 0 unspecified atom stereocenters. The minimum Gasteiger partial charge on any atom is -0.457 e. The Balaban J connectivity index is 1.50. The number of carbonyl (C=O) groups excluding carboxylic acids is 2. The fourth-order valence-corrected chi connectivity index (χ4v) is 3.08. The van der Waals surface area contributed by atoms with E-state index in [1.165, 1.54) is 0 Å². The van der Waals surface area contributed by atoms with E-state index in [1.807, 2.05) is 74.5 Å². The van der Waals surface area contributed by atoms with Crippen molar-refractivity contribution in [2.75, 3.05) is 30.8 Å². The summed E-state index contributed by atoms with van der Waals surface area (Å²) in [5, 5.41) is 5.75. The molecule has 3 aromatic rings. The van der Waals surface area contributed by atoms with E-state index in [1.54, 1.807) is 24.1 Å². The van der Waals surface area contributed by atoms with Crippen molar-refractivity contribution in [1.82, 2.24) is 4.90 Å². The number of amides is 2. The van der Waals surface area contributed by atoms with E-state index in [0.717, 1.165) is 22.6 Å². The van der Waals surface area contributed by atoms with Crippen LogP contribution in [0.4, 0.5) is 11.4 Å². The van der Waals surface area contributed by atoms with E-state index < -0.39 is 0 Å². The Morgan fingerprint density at radius 1 is 0.806 bits per heavy atom. The number of nitrogens with one attached hydrogen (secondary N) is 2. The first-order chi connectivity index (χ1) is 14.9. The number of anilines is 2. The fraction of sp³-hybridized carbons (Fsp3) is 0.200. The number of hydrogen-bond donors (Lipinski definition) is 2. The van der Waals surface area contributed by atoms with Gasteiger partial charge in [0, 0.05) is 17.4 Å². The van der Waals surface area contributed by atoms with Gasteiger partial charge in [-0.3, -0.25) is 14.5 Å². The van der Waals surface area contributed by atoms with E-state index in [-0.39, 0.29) is 24.9 Å². The average molecular weight is 418 g/mol. The van der Waals surface area contributed by atoms with Crippen molar-refractivity contribution in [3.8, 4) is 11.5 Å². The van der Waals surface area contributed by atoms with Gasteiger partial charge in [-0.2, -0.15) is 0 Å². The minimum absolute atomic E-state index is 0.0873. The Morgan fingerprint density at radius 2 is 1.45 bits per heavy atom. The van der Waals surface area contributed by atoms with Crippen molar-refractivity contribution in [2.24, 2.45) is 0 Å². The van der Waals surface area contributed by atoms with Crippen LogP contribution in [0.15, 0.2) is 72.8 Å². The molecule has 0 aromatic heterocycles. The summed E-state index contributed by atoms with van der Waals surface area (Å²) in [7, 11) is 1.73. The summed E-state index contributed by atoms with van der Waals surface area (Å²) in [6, 6.07) is 22.4. The van der Waals surface area contributed by atoms with Crippen molar-refractivity contribution in [2.45, 2.75) is 13.8 Å². The quantitative estimate of drug-likeness (QED) is 0.562. The highest BCUT2D eigenvalue weighted by Crippen LogP contribution is 2.23. The normalized spacial score (nSPS) is 10.6. The summed E-state index contributed by atoms with van der Waals surface area (Å²) in [5.74, 6) is 0.979. The molecular weight excluding hydrogens is 390 g/mol. The number of likely N-dealkylation sites (N-methyl/N-ethyl adjacent to an activating group) is 1. The molecule has 2 N–H and O–H groups in total. The molecule has 0 saturated carbocycles. The molecule has 0 saturated heterocycles. The van der Waals surface area contributed by atoms with E-state index in [4.69, 9.17) is 4.74 Å². The van der Waals surface area contributed by atoms with Gasteiger partial charge < -0.3 is 15.4 Å². The highest BCUT2D eigenvalue weighted by molar-refractivity contribution is 5.95. The third-order valence-electron chi connectivity index (χ3n) is 4.80. The predicted octanol–water partition coefficient (Wildman–Crippen LogP) is 4.60. The number of benzene rings is 3. The third kappa shape index (κ3) is 6.69. The lowest BCUT2D eigenvalue weighted by Crippen LogP contribution is -2.36. The van der Waals surface area contributed by atoms with Gasteiger partial charge in [0.2, 0.25) is 11.8 Å². The Bertz CT molecular complexity index is 1050. The van der Waals surface area contributed by atoms with Gasteiger partial charge in [0.25, 0.3) is 0 Å². The highest BCUT2D eigenvalue weighted by atomic mass is 16.5. The summed E-state index contributed by atoms with van der Waals surface area (Å²) < 4.78 is 5.79. The van der Waals surface area contributed by atoms with Crippen molar-refractivity contribution in [3.05, 3.63) is 83.9 Å². The highest BCUT2D eigenvalue weighted by Gasteiger charge is 2.12. The number of nitrogens with zero attached hydrogens (tertiary/aromatic N) is 1. The number of rotatable bonds is 8. The summed E-state index contributed by atoms with van der Waals surface area (Å²) >= 11 is 0. The Hall–Kier alpha value is -3.64. The lowest BCUT2D eigenvalue weighted by Gasteiger charge is -2.17. The second kappa shape index (κ2) is 10.4. The van der Waals surface area contributed by atoms with Gasteiger partial charge in [-0.25, -0.2) is 0 Å². The molecule has 6 nitrogen and oxygen atoms in total. The zero-order chi connectivity index (χ0) is 22.2. The second-order valence-corrected chi connectivity index (χ2v) is 7.46.